The summed E-state index contributed by atoms with van der Waals surface area (Å²) < 4.78 is 5.60. The average molecular weight is 357 g/mol. The number of benzene rings is 3. The molecule has 0 aliphatic heterocycles. The zero-order chi connectivity index (χ0) is 17.8. The number of hydrogen-bond donors (Lipinski definition) is 3. The SMILES string of the molecule is CCOc1cc2ccc(O)cc2cc1C(=O)NNc1ccc(Cl)cc1. The van der Waals surface area contributed by atoms with Crippen LogP contribution in [0.4, 0.5) is 5.69 Å². The van der Waals surface area contributed by atoms with Gasteiger partial charge in [-0.05, 0) is 66.2 Å². The normalized spacial score (nSPS) is 10.5. The molecule has 5 nitrogen and oxygen atoms in total. The molecule has 0 saturated heterocycles. The molecule has 0 bridgehead atoms. The summed E-state index contributed by atoms with van der Waals surface area (Å²) >= 11 is 5.84. The summed E-state index contributed by atoms with van der Waals surface area (Å²) in [7, 11) is 0. The van der Waals surface area contributed by atoms with Gasteiger partial charge in [-0.15, -0.1) is 0 Å². The summed E-state index contributed by atoms with van der Waals surface area (Å²) in [6, 6.07) is 15.4. The van der Waals surface area contributed by atoms with Crippen LogP contribution in [0, 0.1) is 0 Å². The molecule has 25 heavy (non-hydrogen) atoms. The number of amides is 1. The summed E-state index contributed by atoms with van der Waals surface area (Å²) in [5.41, 5.74) is 6.55. The molecule has 0 fully saturated rings. The van der Waals surface area contributed by atoms with Crippen molar-refractivity contribution in [1.29, 1.82) is 0 Å². The topological polar surface area (TPSA) is 70.6 Å². The van der Waals surface area contributed by atoms with Crippen molar-refractivity contribution in [3.05, 3.63) is 65.2 Å². The third kappa shape index (κ3) is 3.95. The van der Waals surface area contributed by atoms with Crippen molar-refractivity contribution < 1.29 is 14.6 Å². The van der Waals surface area contributed by atoms with Crippen LogP contribution in [0.5, 0.6) is 11.5 Å². The van der Waals surface area contributed by atoms with Gasteiger partial charge in [-0.3, -0.25) is 15.6 Å². The zero-order valence-electron chi connectivity index (χ0n) is 13.5. The van der Waals surface area contributed by atoms with Gasteiger partial charge in [-0.2, -0.15) is 0 Å². The number of hydrogen-bond acceptors (Lipinski definition) is 4. The fourth-order valence-electron chi connectivity index (χ4n) is 2.45. The molecule has 1 amide bonds. The molecule has 3 N–H and O–H groups in total. The molecule has 0 aliphatic rings. The monoisotopic (exact) mass is 356 g/mol. The largest absolute Gasteiger partial charge is 0.508 e. The summed E-state index contributed by atoms with van der Waals surface area (Å²) in [4.78, 5) is 12.6. The van der Waals surface area contributed by atoms with Crippen molar-refractivity contribution in [3.63, 3.8) is 0 Å². The lowest BCUT2D eigenvalue weighted by Gasteiger charge is -2.13. The van der Waals surface area contributed by atoms with Crippen LogP contribution in [-0.2, 0) is 0 Å². The molecular formula is C19H17ClN2O3. The molecule has 0 aromatic heterocycles. The third-order valence-corrected chi connectivity index (χ3v) is 3.88. The number of rotatable bonds is 5. The Bertz CT molecular complexity index is 910. The Labute approximate surface area is 150 Å². The molecule has 6 heteroatoms. The predicted octanol–water partition coefficient (Wildman–Crippen LogP) is 4.35. The number of anilines is 1. The number of phenols is 1. The Morgan fingerprint density at radius 1 is 1.08 bits per heavy atom. The van der Waals surface area contributed by atoms with Crippen LogP contribution in [0.3, 0.4) is 0 Å². The standard InChI is InChI=1S/C19H17ClN2O3/c1-2-25-18-11-12-3-8-16(23)9-13(12)10-17(18)19(24)22-21-15-6-4-14(20)5-7-15/h3-11,21,23H,2H2,1H3,(H,22,24). The number of phenolic OH excluding ortho intramolecular Hbond substituents is 1. The maximum absolute atomic E-state index is 12.6. The second kappa shape index (κ2) is 7.32. The number of fused-ring (bicyclic) bond motifs is 1. The minimum atomic E-state index is -0.344. The molecule has 3 aromatic carbocycles. The molecular weight excluding hydrogens is 340 g/mol. The van der Waals surface area contributed by atoms with E-state index < -0.39 is 0 Å². The van der Waals surface area contributed by atoms with E-state index in [0.29, 0.717) is 28.6 Å². The van der Waals surface area contributed by atoms with Gasteiger partial charge in [-0.25, -0.2) is 0 Å². The number of hydrazine groups is 1. The van der Waals surface area contributed by atoms with Gasteiger partial charge in [-0.1, -0.05) is 17.7 Å². The van der Waals surface area contributed by atoms with E-state index in [-0.39, 0.29) is 11.7 Å². The van der Waals surface area contributed by atoms with Gasteiger partial charge in [0.15, 0.2) is 0 Å². The van der Waals surface area contributed by atoms with Gasteiger partial charge in [0.25, 0.3) is 5.91 Å². The van der Waals surface area contributed by atoms with Gasteiger partial charge in [0.1, 0.15) is 11.5 Å². The van der Waals surface area contributed by atoms with Crippen molar-refractivity contribution >= 4 is 34.0 Å². The predicted molar refractivity (Wildman–Crippen MR) is 99.3 cm³/mol. The highest BCUT2D eigenvalue weighted by Crippen LogP contribution is 2.28. The van der Waals surface area contributed by atoms with Gasteiger partial charge < -0.3 is 9.84 Å². The molecule has 0 radical (unpaired) electrons. The lowest BCUT2D eigenvalue weighted by Crippen LogP contribution is -2.29. The molecule has 0 heterocycles. The molecule has 0 spiro atoms. The van der Waals surface area contributed by atoms with Crippen molar-refractivity contribution in [1.82, 2.24) is 5.43 Å². The first-order valence-corrected chi connectivity index (χ1v) is 8.16. The van der Waals surface area contributed by atoms with Crippen molar-refractivity contribution in [2.75, 3.05) is 12.0 Å². The van der Waals surface area contributed by atoms with Crippen molar-refractivity contribution in [3.8, 4) is 11.5 Å². The van der Waals surface area contributed by atoms with E-state index in [1.807, 2.05) is 6.92 Å². The van der Waals surface area contributed by atoms with Gasteiger partial charge in [0.2, 0.25) is 0 Å². The maximum atomic E-state index is 12.6. The first-order valence-electron chi connectivity index (χ1n) is 7.78. The molecule has 3 aromatic rings. The van der Waals surface area contributed by atoms with Crippen LogP contribution in [0.15, 0.2) is 54.6 Å². The Kier molecular flexibility index (Phi) is 4.95. The van der Waals surface area contributed by atoms with Crippen LogP contribution in [0.1, 0.15) is 17.3 Å². The number of halogens is 1. The van der Waals surface area contributed by atoms with Crippen molar-refractivity contribution in [2.24, 2.45) is 0 Å². The van der Waals surface area contributed by atoms with Gasteiger partial charge in [0.05, 0.1) is 17.9 Å². The third-order valence-electron chi connectivity index (χ3n) is 3.63. The second-order valence-electron chi connectivity index (χ2n) is 5.40. The number of nitrogens with one attached hydrogen (secondary N) is 2. The van der Waals surface area contributed by atoms with E-state index in [2.05, 4.69) is 10.9 Å². The van der Waals surface area contributed by atoms with Gasteiger partial charge in [0, 0.05) is 5.02 Å². The number of ether oxygens (including phenoxy) is 1. The van der Waals surface area contributed by atoms with Gasteiger partial charge >= 0.3 is 0 Å². The summed E-state index contributed by atoms with van der Waals surface area (Å²) in [5, 5.41) is 11.9. The van der Waals surface area contributed by atoms with E-state index in [9.17, 15) is 9.90 Å². The highest BCUT2D eigenvalue weighted by Gasteiger charge is 2.14. The van der Waals surface area contributed by atoms with E-state index in [1.165, 1.54) is 0 Å². The molecule has 128 valence electrons. The molecule has 0 saturated carbocycles. The van der Waals surface area contributed by atoms with E-state index in [4.69, 9.17) is 16.3 Å². The Hall–Kier alpha value is -2.92. The first kappa shape index (κ1) is 16.9. The number of carbonyl (C=O) groups excluding carboxylic acids is 1. The Balaban J connectivity index is 1.87. The van der Waals surface area contributed by atoms with E-state index >= 15 is 0 Å². The maximum Gasteiger partial charge on any atom is 0.273 e. The summed E-state index contributed by atoms with van der Waals surface area (Å²) in [5.74, 6) is 0.280. The molecule has 0 atom stereocenters. The highest BCUT2D eigenvalue weighted by molar-refractivity contribution is 6.30. The fourth-order valence-corrected chi connectivity index (χ4v) is 2.57. The van der Waals surface area contributed by atoms with Crippen LogP contribution in [-0.4, -0.2) is 17.6 Å². The Morgan fingerprint density at radius 2 is 1.84 bits per heavy atom. The van der Waals surface area contributed by atoms with E-state index in [0.717, 1.165) is 10.8 Å². The minimum absolute atomic E-state index is 0.141. The van der Waals surface area contributed by atoms with Crippen LogP contribution < -0.4 is 15.6 Å². The van der Waals surface area contributed by atoms with Crippen LogP contribution >= 0.6 is 11.6 Å². The number of aromatic hydroxyl groups is 1. The fraction of sp³-hybridized carbons (Fsp3) is 0.105. The Morgan fingerprint density at radius 3 is 2.56 bits per heavy atom. The van der Waals surface area contributed by atoms with E-state index in [1.54, 1.807) is 54.6 Å². The van der Waals surface area contributed by atoms with Crippen molar-refractivity contribution in [2.45, 2.75) is 6.92 Å². The highest BCUT2D eigenvalue weighted by atomic mass is 35.5. The summed E-state index contributed by atoms with van der Waals surface area (Å²) in [6.07, 6.45) is 0. The summed E-state index contributed by atoms with van der Waals surface area (Å²) in [6.45, 7) is 2.29. The quantitative estimate of drug-likeness (QED) is 0.594. The molecule has 0 unspecified atom stereocenters. The smallest absolute Gasteiger partial charge is 0.273 e. The average Bonchev–Trinajstić information content (AvgIpc) is 2.61. The molecule has 0 aliphatic carbocycles. The number of carbonyl (C=O) groups is 1. The zero-order valence-corrected chi connectivity index (χ0v) is 14.3. The second-order valence-corrected chi connectivity index (χ2v) is 5.84. The first-order chi connectivity index (χ1) is 12.1. The lowest BCUT2D eigenvalue weighted by atomic mass is 10.0. The minimum Gasteiger partial charge on any atom is -0.508 e. The van der Waals surface area contributed by atoms with Crippen LogP contribution in [0.25, 0.3) is 10.8 Å². The molecule has 3 rings (SSSR count). The van der Waals surface area contributed by atoms with Crippen LogP contribution in [0.2, 0.25) is 5.02 Å². The lowest BCUT2D eigenvalue weighted by molar-refractivity contribution is 0.0959.